The van der Waals surface area contributed by atoms with Gasteiger partial charge in [-0.25, -0.2) is 4.98 Å². The number of ether oxygens (including phenoxy) is 1. The molecule has 8 heteroatoms. The van der Waals surface area contributed by atoms with Gasteiger partial charge in [-0.05, 0) is 100.0 Å². The minimum atomic E-state index is -0.642. The number of thiocarbonyl (C=S) groups is 1. The average molecular weight is 488 g/mol. The molecule has 2 aliphatic carbocycles. The number of anilines is 2. The Kier molecular flexibility index (Phi) is 5.50. The van der Waals surface area contributed by atoms with Crippen molar-refractivity contribution in [1.29, 1.82) is 5.26 Å². The number of rotatable bonds is 5. The van der Waals surface area contributed by atoms with Crippen molar-refractivity contribution in [1.82, 2.24) is 9.88 Å². The van der Waals surface area contributed by atoms with E-state index in [-0.39, 0.29) is 12.0 Å². The molecule has 4 fully saturated rings. The minimum Gasteiger partial charge on any atom is -0.490 e. The Morgan fingerprint density at radius 2 is 1.83 bits per heavy atom. The maximum absolute atomic E-state index is 13.7. The van der Waals surface area contributed by atoms with Crippen LogP contribution in [-0.2, 0) is 4.79 Å². The first-order valence-electron chi connectivity index (χ1n) is 12.6. The van der Waals surface area contributed by atoms with Gasteiger partial charge in [0.25, 0.3) is 5.91 Å². The Hall–Kier alpha value is -3.02. The summed E-state index contributed by atoms with van der Waals surface area (Å²) in [5, 5.41) is 9.68. The van der Waals surface area contributed by atoms with Gasteiger partial charge in [0.2, 0.25) is 0 Å². The molecule has 0 unspecified atom stereocenters. The second kappa shape index (κ2) is 8.58. The molecular weight excluding hydrogens is 458 g/mol. The van der Waals surface area contributed by atoms with Gasteiger partial charge in [-0.15, -0.1) is 0 Å². The zero-order valence-electron chi connectivity index (χ0n) is 19.9. The Bertz CT molecular complexity index is 1210. The molecule has 0 N–H and O–H groups in total. The molecule has 2 saturated carbocycles. The van der Waals surface area contributed by atoms with Gasteiger partial charge in [0, 0.05) is 24.8 Å². The van der Waals surface area contributed by atoms with Crippen LogP contribution in [0.5, 0.6) is 5.75 Å². The number of likely N-dealkylation sites (tertiary alicyclic amines) is 1. The lowest BCUT2D eigenvalue weighted by atomic mass is 9.75. The first-order chi connectivity index (χ1) is 17.0. The van der Waals surface area contributed by atoms with Crippen LogP contribution in [0.15, 0.2) is 36.5 Å². The molecule has 180 valence electrons. The van der Waals surface area contributed by atoms with Crippen molar-refractivity contribution in [3.8, 4) is 11.8 Å². The van der Waals surface area contributed by atoms with Crippen LogP contribution in [0.25, 0.3) is 0 Å². The third kappa shape index (κ3) is 3.78. The molecular formula is C27H29N5O2S. The van der Waals surface area contributed by atoms with Crippen LogP contribution in [0.3, 0.4) is 0 Å². The van der Waals surface area contributed by atoms with Crippen LogP contribution in [0.4, 0.5) is 11.4 Å². The molecule has 1 aromatic heterocycles. The molecule has 35 heavy (non-hydrogen) atoms. The number of aromatic nitrogens is 1. The number of nitrogens with zero attached hydrogens (tertiary/aromatic N) is 5. The number of carbonyl (C=O) groups is 1. The monoisotopic (exact) mass is 487 g/mol. The van der Waals surface area contributed by atoms with E-state index in [1.54, 1.807) is 11.1 Å². The van der Waals surface area contributed by atoms with Crippen LogP contribution < -0.4 is 14.5 Å². The molecule has 1 spiro atoms. The third-order valence-corrected chi connectivity index (χ3v) is 8.32. The second-order valence-electron chi connectivity index (χ2n) is 10.2. The largest absolute Gasteiger partial charge is 0.490 e. The molecule has 7 nitrogen and oxygen atoms in total. The van der Waals surface area contributed by atoms with E-state index in [1.807, 2.05) is 42.2 Å². The van der Waals surface area contributed by atoms with E-state index in [0.717, 1.165) is 68.2 Å². The summed E-state index contributed by atoms with van der Waals surface area (Å²) >= 11 is 5.86. The zero-order chi connectivity index (χ0) is 24.2. The standard InChI is InChI=1S/C27H29N5O2S/c1-18-15-21(17-29-24(18)16-28)31-25(33)27(11-2-12-27)32(26(31)35)20-5-7-22(8-6-20)34-23-9-13-30(14-10-23)19-3-4-19/h5-8,15,17,19,23H,2-4,9-14H2,1H3. The van der Waals surface area contributed by atoms with Crippen molar-refractivity contribution in [3.05, 3.63) is 47.8 Å². The normalized spacial score (nSPS) is 22.4. The summed E-state index contributed by atoms with van der Waals surface area (Å²) in [5.41, 5.74) is 1.96. The van der Waals surface area contributed by atoms with E-state index in [2.05, 4.69) is 16.0 Å². The number of hydrogen-bond acceptors (Lipinski definition) is 6. The number of nitriles is 1. The summed E-state index contributed by atoms with van der Waals surface area (Å²) < 4.78 is 6.30. The molecule has 0 bridgehead atoms. The molecule has 3 heterocycles. The highest BCUT2D eigenvalue weighted by molar-refractivity contribution is 7.81. The summed E-state index contributed by atoms with van der Waals surface area (Å²) in [5.74, 6) is 0.851. The van der Waals surface area contributed by atoms with Crippen molar-refractivity contribution < 1.29 is 9.53 Å². The number of hydrogen-bond donors (Lipinski definition) is 0. The second-order valence-corrected chi connectivity index (χ2v) is 10.6. The molecule has 0 atom stereocenters. The molecule has 4 aliphatic rings. The number of aryl methyl sites for hydroxylation is 1. The smallest absolute Gasteiger partial charge is 0.259 e. The highest BCUT2D eigenvalue weighted by Crippen LogP contribution is 2.48. The van der Waals surface area contributed by atoms with Crippen molar-refractivity contribution in [2.45, 2.75) is 69.6 Å². The lowest BCUT2D eigenvalue weighted by Crippen LogP contribution is -2.55. The van der Waals surface area contributed by atoms with Crippen LogP contribution in [0.2, 0.25) is 0 Å². The van der Waals surface area contributed by atoms with Gasteiger partial charge >= 0.3 is 0 Å². The van der Waals surface area contributed by atoms with Gasteiger partial charge in [-0.2, -0.15) is 5.26 Å². The Morgan fingerprint density at radius 3 is 2.40 bits per heavy atom. The van der Waals surface area contributed by atoms with Crippen LogP contribution in [0, 0.1) is 18.3 Å². The van der Waals surface area contributed by atoms with Gasteiger partial charge in [-0.1, -0.05) is 0 Å². The van der Waals surface area contributed by atoms with E-state index >= 15 is 0 Å². The Morgan fingerprint density at radius 1 is 1.11 bits per heavy atom. The summed E-state index contributed by atoms with van der Waals surface area (Å²) in [6.45, 7) is 4.07. The quantitative estimate of drug-likeness (QED) is 0.582. The molecule has 2 saturated heterocycles. The summed E-state index contributed by atoms with van der Waals surface area (Å²) in [4.78, 5) is 24.1. The highest BCUT2D eigenvalue weighted by atomic mass is 32.1. The molecule has 0 radical (unpaired) electrons. The predicted molar refractivity (Wildman–Crippen MR) is 138 cm³/mol. The van der Waals surface area contributed by atoms with Gasteiger partial charge in [-0.3, -0.25) is 9.69 Å². The van der Waals surface area contributed by atoms with Crippen molar-refractivity contribution >= 4 is 34.6 Å². The molecule has 1 aromatic carbocycles. The molecule has 2 aromatic rings. The van der Waals surface area contributed by atoms with E-state index in [4.69, 9.17) is 17.0 Å². The lowest BCUT2D eigenvalue weighted by molar-refractivity contribution is -0.123. The summed E-state index contributed by atoms with van der Waals surface area (Å²) in [6.07, 6.45) is 9.19. The molecule has 6 rings (SSSR count). The lowest BCUT2D eigenvalue weighted by Gasteiger charge is -2.43. The van der Waals surface area contributed by atoms with E-state index in [1.165, 1.54) is 12.8 Å². The highest BCUT2D eigenvalue weighted by Gasteiger charge is 2.59. The average Bonchev–Trinajstić information content (AvgIpc) is 3.65. The SMILES string of the molecule is Cc1cc(N2C(=O)C3(CCC3)N(c3ccc(OC4CCN(C5CC5)CC4)cc3)C2=S)cnc1C#N. The minimum absolute atomic E-state index is 0.0117. The fraction of sp³-hybridized carbons (Fsp3) is 0.481. The first-order valence-corrected chi connectivity index (χ1v) is 13.0. The fourth-order valence-electron chi connectivity index (χ4n) is 5.67. The van der Waals surface area contributed by atoms with Gasteiger partial charge < -0.3 is 14.5 Å². The number of carbonyl (C=O) groups excluding carboxylic acids is 1. The van der Waals surface area contributed by atoms with E-state index in [0.29, 0.717) is 16.5 Å². The third-order valence-electron chi connectivity index (χ3n) is 7.96. The van der Waals surface area contributed by atoms with E-state index < -0.39 is 5.54 Å². The maximum Gasteiger partial charge on any atom is 0.259 e. The van der Waals surface area contributed by atoms with Crippen molar-refractivity contribution in [2.24, 2.45) is 0 Å². The summed E-state index contributed by atoms with van der Waals surface area (Å²) in [7, 11) is 0. The van der Waals surface area contributed by atoms with Gasteiger partial charge in [0.1, 0.15) is 29.2 Å². The van der Waals surface area contributed by atoms with E-state index in [9.17, 15) is 10.1 Å². The van der Waals surface area contributed by atoms with Gasteiger partial charge in [0.15, 0.2) is 5.11 Å². The van der Waals surface area contributed by atoms with Crippen LogP contribution >= 0.6 is 12.2 Å². The topological polar surface area (TPSA) is 72.7 Å². The fourth-order valence-corrected chi connectivity index (χ4v) is 6.14. The Balaban J connectivity index is 1.21. The summed E-state index contributed by atoms with van der Waals surface area (Å²) in [6, 6.07) is 12.7. The number of amides is 1. The van der Waals surface area contributed by atoms with Gasteiger partial charge in [0.05, 0.1) is 11.9 Å². The van der Waals surface area contributed by atoms with Crippen molar-refractivity contribution in [3.63, 3.8) is 0 Å². The number of benzene rings is 1. The molecule has 1 amide bonds. The van der Waals surface area contributed by atoms with Crippen molar-refractivity contribution in [2.75, 3.05) is 22.9 Å². The number of pyridine rings is 1. The maximum atomic E-state index is 13.7. The van der Waals surface area contributed by atoms with Crippen LogP contribution in [0.1, 0.15) is 56.2 Å². The number of piperidine rings is 1. The molecule has 2 aliphatic heterocycles. The Labute approximate surface area is 211 Å². The first kappa shape index (κ1) is 22.4. The van der Waals surface area contributed by atoms with Crippen LogP contribution in [-0.4, -0.2) is 51.7 Å². The predicted octanol–water partition coefficient (Wildman–Crippen LogP) is 4.33. The zero-order valence-corrected chi connectivity index (χ0v) is 20.8.